The fraction of sp³-hybridized carbons (Fsp3) is 0.625. The first-order valence-electron chi connectivity index (χ1n) is 7.35. The molecule has 0 radical (unpaired) electrons. The number of unbranched alkanes of at least 4 members (excludes halogenated alkanes) is 1. The smallest absolute Gasteiger partial charge is 0.0337 e. The minimum atomic E-state index is 0.517. The van der Waals surface area contributed by atoms with Crippen molar-refractivity contribution in [3.63, 3.8) is 0 Å². The lowest BCUT2D eigenvalue weighted by Crippen LogP contribution is -2.31. The van der Waals surface area contributed by atoms with Crippen LogP contribution >= 0.6 is 0 Å². The minimum absolute atomic E-state index is 0.517. The average molecular weight is 246 g/mol. The van der Waals surface area contributed by atoms with Crippen molar-refractivity contribution in [2.24, 2.45) is 0 Å². The van der Waals surface area contributed by atoms with Gasteiger partial charge in [-0.25, -0.2) is 0 Å². The molecule has 0 aliphatic carbocycles. The van der Waals surface area contributed by atoms with Gasteiger partial charge in [-0.05, 0) is 37.4 Å². The zero-order valence-electron chi connectivity index (χ0n) is 11.7. The van der Waals surface area contributed by atoms with Crippen LogP contribution in [-0.2, 0) is 6.54 Å². The van der Waals surface area contributed by atoms with Crippen molar-refractivity contribution in [2.75, 3.05) is 6.54 Å². The molecular formula is C16H26N2. The lowest BCUT2D eigenvalue weighted by Gasteiger charge is -2.23. The van der Waals surface area contributed by atoms with Gasteiger partial charge in [-0.15, -0.1) is 0 Å². The molecule has 0 saturated carbocycles. The predicted octanol–water partition coefficient (Wildman–Crippen LogP) is 3.39. The van der Waals surface area contributed by atoms with Crippen LogP contribution < -0.4 is 10.6 Å². The summed E-state index contributed by atoms with van der Waals surface area (Å²) in [4.78, 5) is 0. The summed E-state index contributed by atoms with van der Waals surface area (Å²) in [6.45, 7) is 6.69. The van der Waals surface area contributed by atoms with Gasteiger partial charge in [0.1, 0.15) is 0 Å². The van der Waals surface area contributed by atoms with E-state index in [4.69, 9.17) is 0 Å². The molecule has 1 aliphatic heterocycles. The number of hydrogen-bond acceptors (Lipinski definition) is 2. The van der Waals surface area contributed by atoms with Crippen molar-refractivity contribution in [1.82, 2.24) is 10.6 Å². The van der Waals surface area contributed by atoms with Gasteiger partial charge in [0.2, 0.25) is 0 Å². The van der Waals surface area contributed by atoms with E-state index in [1.165, 1.54) is 36.8 Å². The monoisotopic (exact) mass is 246 g/mol. The second-order valence-electron chi connectivity index (χ2n) is 5.43. The summed E-state index contributed by atoms with van der Waals surface area (Å²) in [6.07, 6.45) is 5.08. The molecule has 0 saturated heterocycles. The maximum atomic E-state index is 3.81. The van der Waals surface area contributed by atoms with Crippen LogP contribution in [0.3, 0.4) is 0 Å². The van der Waals surface area contributed by atoms with Gasteiger partial charge in [0.15, 0.2) is 0 Å². The quantitative estimate of drug-likeness (QED) is 0.832. The van der Waals surface area contributed by atoms with E-state index in [9.17, 15) is 0 Å². The highest BCUT2D eigenvalue weighted by Gasteiger charge is 2.19. The molecule has 1 aromatic rings. The number of rotatable bonds is 5. The van der Waals surface area contributed by atoms with Gasteiger partial charge < -0.3 is 10.6 Å². The number of benzene rings is 1. The molecule has 1 heterocycles. The van der Waals surface area contributed by atoms with Crippen LogP contribution in [-0.4, -0.2) is 12.6 Å². The summed E-state index contributed by atoms with van der Waals surface area (Å²) < 4.78 is 0. The van der Waals surface area contributed by atoms with Crippen molar-refractivity contribution >= 4 is 0 Å². The lowest BCUT2D eigenvalue weighted by atomic mass is 9.98. The van der Waals surface area contributed by atoms with Crippen LogP contribution in [0.5, 0.6) is 0 Å². The molecule has 2 rings (SSSR count). The van der Waals surface area contributed by atoms with Gasteiger partial charge in [-0.1, -0.05) is 44.0 Å². The highest BCUT2D eigenvalue weighted by molar-refractivity contribution is 5.31. The Balaban J connectivity index is 2.03. The van der Waals surface area contributed by atoms with E-state index in [2.05, 4.69) is 48.7 Å². The van der Waals surface area contributed by atoms with E-state index >= 15 is 0 Å². The molecular weight excluding hydrogens is 220 g/mol. The Morgan fingerprint density at radius 3 is 3.06 bits per heavy atom. The van der Waals surface area contributed by atoms with Crippen molar-refractivity contribution in [2.45, 2.75) is 58.2 Å². The molecule has 100 valence electrons. The van der Waals surface area contributed by atoms with Crippen molar-refractivity contribution in [1.29, 1.82) is 0 Å². The second kappa shape index (κ2) is 6.91. The highest BCUT2D eigenvalue weighted by Crippen LogP contribution is 2.24. The van der Waals surface area contributed by atoms with Gasteiger partial charge in [0.05, 0.1) is 0 Å². The molecule has 2 heteroatoms. The fourth-order valence-electron chi connectivity index (χ4n) is 2.77. The third kappa shape index (κ3) is 3.56. The Morgan fingerprint density at radius 1 is 1.39 bits per heavy atom. The summed E-state index contributed by atoms with van der Waals surface area (Å²) in [7, 11) is 0. The molecule has 18 heavy (non-hydrogen) atoms. The van der Waals surface area contributed by atoms with Crippen LogP contribution in [0.25, 0.3) is 0 Å². The molecule has 2 N–H and O–H groups in total. The minimum Gasteiger partial charge on any atom is -0.313 e. The van der Waals surface area contributed by atoms with Crippen molar-refractivity contribution in [3.8, 4) is 0 Å². The summed E-state index contributed by atoms with van der Waals surface area (Å²) in [5.74, 6) is 0. The van der Waals surface area contributed by atoms with Crippen LogP contribution in [0, 0.1) is 0 Å². The van der Waals surface area contributed by atoms with Crippen molar-refractivity contribution < 1.29 is 0 Å². The molecule has 2 nitrogen and oxygen atoms in total. The first-order valence-corrected chi connectivity index (χ1v) is 7.35. The van der Waals surface area contributed by atoms with Gasteiger partial charge >= 0.3 is 0 Å². The first kappa shape index (κ1) is 13.6. The number of nitrogens with one attached hydrogen (secondary N) is 2. The summed E-state index contributed by atoms with van der Waals surface area (Å²) in [5.41, 5.74) is 2.95. The fourth-order valence-corrected chi connectivity index (χ4v) is 2.77. The second-order valence-corrected chi connectivity index (χ2v) is 5.43. The van der Waals surface area contributed by atoms with Crippen LogP contribution in [0.15, 0.2) is 24.3 Å². The first-order chi connectivity index (χ1) is 8.81. The van der Waals surface area contributed by atoms with Gasteiger partial charge in [0, 0.05) is 18.6 Å². The summed E-state index contributed by atoms with van der Waals surface area (Å²) >= 11 is 0. The van der Waals surface area contributed by atoms with E-state index < -0.39 is 0 Å². The topological polar surface area (TPSA) is 24.1 Å². The van der Waals surface area contributed by atoms with E-state index in [0.29, 0.717) is 12.1 Å². The lowest BCUT2D eigenvalue weighted by molar-refractivity contribution is 0.410. The molecule has 1 aromatic carbocycles. The average Bonchev–Trinajstić information content (AvgIpc) is 2.59. The van der Waals surface area contributed by atoms with E-state index in [-0.39, 0.29) is 0 Å². The van der Waals surface area contributed by atoms with E-state index in [0.717, 1.165) is 13.1 Å². The zero-order valence-corrected chi connectivity index (χ0v) is 11.7. The van der Waals surface area contributed by atoms with E-state index in [1.54, 1.807) is 0 Å². The zero-order chi connectivity index (χ0) is 12.8. The van der Waals surface area contributed by atoms with Gasteiger partial charge in [-0.2, -0.15) is 0 Å². The number of fused-ring (bicyclic) bond motifs is 1. The third-order valence-corrected chi connectivity index (χ3v) is 3.83. The largest absolute Gasteiger partial charge is 0.313 e. The Morgan fingerprint density at radius 2 is 2.22 bits per heavy atom. The maximum Gasteiger partial charge on any atom is 0.0337 e. The standard InChI is InChI=1S/C16H26N2/c1-3-4-7-13(2)18-16-10-11-17-12-14-8-5-6-9-15(14)16/h5-6,8-9,13,16-18H,3-4,7,10-12H2,1-2H3. The van der Waals surface area contributed by atoms with Crippen LogP contribution in [0.2, 0.25) is 0 Å². The van der Waals surface area contributed by atoms with Crippen molar-refractivity contribution in [3.05, 3.63) is 35.4 Å². The molecule has 2 atom stereocenters. The third-order valence-electron chi connectivity index (χ3n) is 3.83. The molecule has 0 bridgehead atoms. The van der Waals surface area contributed by atoms with Crippen LogP contribution in [0.1, 0.15) is 56.7 Å². The molecule has 0 aromatic heterocycles. The van der Waals surface area contributed by atoms with Gasteiger partial charge in [0.25, 0.3) is 0 Å². The molecule has 0 amide bonds. The molecule has 2 unspecified atom stereocenters. The van der Waals surface area contributed by atoms with Crippen LogP contribution in [0.4, 0.5) is 0 Å². The number of hydrogen-bond donors (Lipinski definition) is 2. The predicted molar refractivity (Wildman–Crippen MR) is 77.6 cm³/mol. The Kier molecular flexibility index (Phi) is 5.21. The highest BCUT2D eigenvalue weighted by atomic mass is 15.0. The maximum absolute atomic E-state index is 3.81. The molecule has 0 fully saturated rings. The SMILES string of the molecule is CCCCC(C)NC1CCNCc2ccccc21. The van der Waals surface area contributed by atoms with Gasteiger partial charge in [-0.3, -0.25) is 0 Å². The Hall–Kier alpha value is -0.860. The Labute approximate surface area is 111 Å². The normalized spacial score (nSPS) is 21.1. The summed E-state index contributed by atoms with van der Waals surface area (Å²) in [5, 5.41) is 7.32. The molecule has 0 spiro atoms. The summed E-state index contributed by atoms with van der Waals surface area (Å²) in [6, 6.07) is 9.97. The Bertz CT molecular complexity index is 362. The van der Waals surface area contributed by atoms with E-state index in [1.807, 2.05) is 0 Å². The molecule has 1 aliphatic rings.